The van der Waals surface area contributed by atoms with Crippen molar-refractivity contribution >= 4 is 27.9 Å². The number of alkyl halides is 1. The van der Waals surface area contributed by atoms with Gasteiger partial charge in [-0.2, -0.15) is 13.1 Å². The first-order chi connectivity index (χ1) is 8.30. The summed E-state index contributed by atoms with van der Waals surface area (Å²) in [7, 11) is -2.54. The number of carbonyl (C=O) groups is 1. The zero-order chi connectivity index (χ0) is 14.2. The summed E-state index contributed by atoms with van der Waals surface area (Å²) < 4.78 is 36.6. The van der Waals surface area contributed by atoms with Gasteiger partial charge in [0.2, 0.25) is 0 Å². The summed E-state index contributed by atoms with van der Waals surface area (Å²) in [5, 5.41) is 0. The van der Waals surface area contributed by atoms with Crippen molar-refractivity contribution in [2.24, 2.45) is 0 Å². The molecule has 0 bridgehead atoms. The Kier molecular flexibility index (Phi) is 8.25. The van der Waals surface area contributed by atoms with Crippen molar-refractivity contribution in [2.45, 2.75) is 32.4 Å². The standard InChI is InChI=1S/C9H19ClN2O5S/c1-7(2)17-9(13)12-18(14,15)11-8(4-5-10)6-16-3/h7-8,11H,4-6H2,1-3H3,(H,12,13). The summed E-state index contributed by atoms with van der Waals surface area (Å²) in [6, 6.07) is -0.503. The van der Waals surface area contributed by atoms with Gasteiger partial charge in [-0.15, -0.1) is 11.6 Å². The van der Waals surface area contributed by atoms with Crippen LogP contribution in [0.15, 0.2) is 0 Å². The van der Waals surface area contributed by atoms with Gasteiger partial charge in [0, 0.05) is 19.0 Å². The highest BCUT2D eigenvalue weighted by molar-refractivity contribution is 7.88. The number of carbonyl (C=O) groups excluding carboxylic acids is 1. The van der Waals surface area contributed by atoms with Crippen LogP contribution in [0.3, 0.4) is 0 Å². The van der Waals surface area contributed by atoms with Crippen LogP contribution in [0.5, 0.6) is 0 Å². The summed E-state index contributed by atoms with van der Waals surface area (Å²) in [6.45, 7) is 3.38. The molecule has 0 aromatic carbocycles. The normalized spacial score (nSPS) is 13.4. The molecule has 0 rings (SSSR count). The lowest BCUT2D eigenvalue weighted by atomic mass is 10.3. The minimum Gasteiger partial charge on any atom is -0.446 e. The first-order valence-corrected chi connectivity index (χ1v) is 7.38. The van der Waals surface area contributed by atoms with Crippen LogP contribution in [0.25, 0.3) is 0 Å². The van der Waals surface area contributed by atoms with Gasteiger partial charge in [-0.25, -0.2) is 9.52 Å². The highest BCUT2D eigenvalue weighted by Crippen LogP contribution is 1.98. The number of nitrogens with one attached hydrogen (secondary N) is 2. The van der Waals surface area contributed by atoms with Crippen molar-refractivity contribution < 1.29 is 22.7 Å². The van der Waals surface area contributed by atoms with Crippen LogP contribution in [0.4, 0.5) is 4.79 Å². The van der Waals surface area contributed by atoms with E-state index in [9.17, 15) is 13.2 Å². The second-order valence-electron chi connectivity index (χ2n) is 3.81. The number of methoxy groups -OCH3 is 1. The van der Waals surface area contributed by atoms with E-state index in [0.29, 0.717) is 6.42 Å². The number of hydrogen-bond acceptors (Lipinski definition) is 5. The molecule has 0 fully saturated rings. The maximum Gasteiger partial charge on any atom is 0.422 e. The fourth-order valence-electron chi connectivity index (χ4n) is 1.11. The zero-order valence-electron chi connectivity index (χ0n) is 10.6. The van der Waals surface area contributed by atoms with Gasteiger partial charge in [-0.3, -0.25) is 0 Å². The largest absolute Gasteiger partial charge is 0.446 e. The number of rotatable bonds is 8. The molecule has 18 heavy (non-hydrogen) atoms. The molecule has 0 saturated heterocycles. The Morgan fingerprint density at radius 2 is 2.00 bits per heavy atom. The van der Waals surface area contributed by atoms with Crippen LogP contribution in [0.2, 0.25) is 0 Å². The number of amides is 1. The maximum atomic E-state index is 11.6. The Morgan fingerprint density at radius 3 is 2.44 bits per heavy atom. The molecule has 1 atom stereocenters. The molecule has 0 heterocycles. The Morgan fingerprint density at radius 1 is 1.39 bits per heavy atom. The Balaban J connectivity index is 4.39. The van der Waals surface area contributed by atoms with Crippen molar-refractivity contribution in [1.82, 2.24) is 9.44 Å². The lowest BCUT2D eigenvalue weighted by molar-refractivity contribution is 0.121. The van der Waals surface area contributed by atoms with Gasteiger partial charge >= 0.3 is 16.3 Å². The van der Waals surface area contributed by atoms with E-state index in [0.717, 1.165) is 0 Å². The third-order valence-corrected chi connectivity index (χ3v) is 3.00. The first kappa shape index (κ1) is 17.4. The highest BCUT2D eigenvalue weighted by Gasteiger charge is 2.20. The SMILES string of the molecule is COCC(CCCl)NS(=O)(=O)NC(=O)OC(C)C. The molecule has 0 radical (unpaired) electrons. The molecule has 1 unspecified atom stereocenters. The van der Waals surface area contributed by atoms with E-state index in [-0.39, 0.29) is 12.5 Å². The summed E-state index contributed by atoms with van der Waals surface area (Å²) in [5.41, 5.74) is 0. The van der Waals surface area contributed by atoms with Crippen molar-refractivity contribution in [3.8, 4) is 0 Å². The van der Waals surface area contributed by atoms with Crippen LogP contribution in [0, 0.1) is 0 Å². The summed E-state index contributed by atoms with van der Waals surface area (Å²) in [4.78, 5) is 11.2. The van der Waals surface area contributed by atoms with E-state index < -0.39 is 28.4 Å². The predicted octanol–water partition coefficient (Wildman–Crippen LogP) is 0.599. The summed E-state index contributed by atoms with van der Waals surface area (Å²) in [5.74, 6) is 0.271. The van der Waals surface area contributed by atoms with E-state index >= 15 is 0 Å². The average Bonchev–Trinajstić information content (AvgIpc) is 2.14. The third kappa shape index (κ3) is 8.51. The quantitative estimate of drug-likeness (QED) is 0.640. The molecule has 0 saturated carbocycles. The first-order valence-electron chi connectivity index (χ1n) is 5.36. The molecule has 1 amide bonds. The molecule has 0 aliphatic carbocycles. The number of hydrogen-bond donors (Lipinski definition) is 2. The summed E-state index contributed by atoms with van der Waals surface area (Å²) >= 11 is 5.53. The van der Waals surface area contributed by atoms with Crippen molar-refractivity contribution in [1.29, 1.82) is 0 Å². The van der Waals surface area contributed by atoms with Crippen molar-refractivity contribution in [3.05, 3.63) is 0 Å². The van der Waals surface area contributed by atoms with Gasteiger partial charge in [0.15, 0.2) is 0 Å². The molecule has 7 nitrogen and oxygen atoms in total. The van der Waals surface area contributed by atoms with Crippen LogP contribution in [-0.2, 0) is 19.7 Å². The molecular weight excluding hydrogens is 284 g/mol. The second kappa shape index (κ2) is 8.52. The number of ether oxygens (including phenoxy) is 2. The molecule has 0 aromatic heterocycles. The molecule has 0 aliphatic heterocycles. The van der Waals surface area contributed by atoms with Gasteiger partial charge in [-0.05, 0) is 20.3 Å². The Bertz CT molecular complexity index is 341. The number of halogens is 1. The lowest BCUT2D eigenvalue weighted by Crippen LogP contribution is -2.47. The van der Waals surface area contributed by atoms with Crippen LogP contribution < -0.4 is 9.44 Å². The van der Waals surface area contributed by atoms with E-state index in [1.165, 1.54) is 7.11 Å². The molecule has 0 aliphatic rings. The zero-order valence-corrected chi connectivity index (χ0v) is 12.2. The van der Waals surface area contributed by atoms with Crippen molar-refractivity contribution in [3.63, 3.8) is 0 Å². The van der Waals surface area contributed by atoms with Crippen molar-refractivity contribution in [2.75, 3.05) is 19.6 Å². The highest BCUT2D eigenvalue weighted by atomic mass is 35.5. The molecule has 0 aromatic rings. The fraction of sp³-hybridized carbons (Fsp3) is 0.889. The smallest absolute Gasteiger partial charge is 0.422 e. The fourth-order valence-corrected chi connectivity index (χ4v) is 2.32. The average molecular weight is 303 g/mol. The Labute approximate surface area is 112 Å². The minimum atomic E-state index is -3.98. The third-order valence-electron chi connectivity index (χ3n) is 1.71. The van der Waals surface area contributed by atoms with Gasteiger partial charge < -0.3 is 9.47 Å². The molecular formula is C9H19ClN2O5S. The van der Waals surface area contributed by atoms with E-state index in [4.69, 9.17) is 16.3 Å². The molecule has 108 valence electrons. The summed E-state index contributed by atoms with van der Waals surface area (Å²) in [6.07, 6.45) is -1.05. The second-order valence-corrected chi connectivity index (χ2v) is 5.63. The van der Waals surface area contributed by atoms with Crippen LogP contribution >= 0.6 is 11.6 Å². The predicted molar refractivity (Wildman–Crippen MR) is 67.8 cm³/mol. The minimum absolute atomic E-state index is 0.160. The molecule has 0 spiro atoms. The van der Waals surface area contributed by atoms with E-state index in [1.54, 1.807) is 18.6 Å². The van der Waals surface area contributed by atoms with E-state index in [1.807, 2.05) is 0 Å². The van der Waals surface area contributed by atoms with Gasteiger partial charge in [0.1, 0.15) is 0 Å². The topological polar surface area (TPSA) is 93.7 Å². The van der Waals surface area contributed by atoms with Gasteiger partial charge in [0.25, 0.3) is 0 Å². The monoisotopic (exact) mass is 302 g/mol. The molecule has 2 N–H and O–H groups in total. The Hall–Kier alpha value is -0.570. The lowest BCUT2D eigenvalue weighted by Gasteiger charge is -2.17. The molecule has 9 heteroatoms. The van der Waals surface area contributed by atoms with E-state index in [2.05, 4.69) is 9.46 Å². The van der Waals surface area contributed by atoms with Gasteiger partial charge in [-0.1, -0.05) is 0 Å². The van der Waals surface area contributed by atoms with Crippen LogP contribution in [0.1, 0.15) is 20.3 Å². The van der Waals surface area contributed by atoms with Gasteiger partial charge in [0.05, 0.1) is 12.7 Å². The van der Waals surface area contributed by atoms with Crippen LogP contribution in [-0.4, -0.2) is 46.3 Å². The maximum absolute atomic E-state index is 11.6.